The van der Waals surface area contributed by atoms with Gasteiger partial charge in [0.05, 0.1) is 6.04 Å². The summed E-state index contributed by atoms with van der Waals surface area (Å²) in [6.45, 7) is 6.47. The highest BCUT2D eigenvalue weighted by Crippen LogP contribution is 2.22. The highest BCUT2D eigenvalue weighted by Gasteiger charge is 2.30. The first-order chi connectivity index (χ1) is 10.4. The Hall–Kier alpha value is -1.29. The van der Waals surface area contributed by atoms with E-state index in [0.29, 0.717) is 0 Å². The van der Waals surface area contributed by atoms with E-state index in [2.05, 4.69) is 52.3 Å². The monoisotopic (exact) mass is 365 g/mol. The Balaban J connectivity index is 2.00. The Morgan fingerprint density at radius 2 is 2.05 bits per heavy atom. The molecular formula is C18H24BrNO2. The molecule has 1 saturated heterocycles. The number of ether oxygens (including phenoxy) is 1. The molecule has 0 aromatic heterocycles. The largest absolute Gasteiger partial charge is 0.444 e. The van der Waals surface area contributed by atoms with Gasteiger partial charge in [-0.1, -0.05) is 52.3 Å². The van der Waals surface area contributed by atoms with Crippen molar-refractivity contribution in [2.75, 3.05) is 6.54 Å². The molecule has 1 fully saturated rings. The fourth-order valence-corrected chi connectivity index (χ4v) is 2.85. The van der Waals surface area contributed by atoms with Crippen molar-refractivity contribution in [2.45, 2.75) is 50.6 Å². The van der Waals surface area contributed by atoms with E-state index in [1.165, 1.54) is 5.56 Å². The summed E-state index contributed by atoms with van der Waals surface area (Å²) in [5.74, 6) is 0. The van der Waals surface area contributed by atoms with Crippen molar-refractivity contribution in [1.82, 2.24) is 4.90 Å². The maximum atomic E-state index is 12.2. The van der Waals surface area contributed by atoms with Crippen LogP contribution in [0.5, 0.6) is 0 Å². The zero-order valence-electron chi connectivity index (χ0n) is 13.5. The molecule has 1 amide bonds. The van der Waals surface area contributed by atoms with Crippen LogP contribution in [0.3, 0.4) is 0 Å². The lowest BCUT2D eigenvalue weighted by molar-refractivity contribution is 0.0256. The van der Waals surface area contributed by atoms with E-state index < -0.39 is 5.60 Å². The molecule has 0 unspecified atom stereocenters. The SMILES string of the molecule is CC(C)(C)OC(=O)N1CCC[C@H]1C=Cc1ccc(CBr)cc1. The van der Waals surface area contributed by atoms with Gasteiger partial charge in [-0.2, -0.15) is 0 Å². The van der Waals surface area contributed by atoms with Crippen LogP contribution < -0.4 is 0 Å². The lowest BCUT2D eigenvalue weighted by Crippen LogP contribution is -2.39. The maximum Gasteiger partial charge on any atom is 0.410 e. The Bertz CT molecular complexity index is 531. The minimum Gasteiger partial charge on any atom is -0.444 e. The standard InChI is InChI=1S/C18H24BrNO2/c1-18(2,3)22-17(21)20-12-4-5-16(20)11-10-14-6-8-15(13-19)9-7-14/h6-11,16H,4-5,12-13H2,1-3H3/t16-/m0/s1. The van der Waals surface area contributed by atoms with Crippen LogP contribution in [-0.2, 0) is 10.1 Å². The molecule has 120 valence electrons. The number of nitrogens with zero attached hydrogens (tertiary/aromatic N) is 1. The summed E-state index contributed by atoms with van der Waals surface area (Å²) in [6, 6.07) is 8.54. The molecule has 22 heavy (non-hydrogen) atoms. The first-order valence-corrected chi connectivity index (χ1v) is 8.84. The molecule has 1 aliphatic heterocycles. The smallest absolute Gasteiger partial charge is 0.410 e. The number of likely N-dealkylation sites (tertiary alicyclic amines) is 1. The van der Waals surface area contributed by atoms with Gasteiger partial charge in [0.15, 0.2) is 0 Å². The van der Waals surface area contributed by atoms with Crippen LogP contribution in [0.1, 0.15) is 44.7 Å². The summed E-state index contributed by atoms with van der Waals surface area (Å²) in [6.07, 6.45) is 6.01. The molecule has 0 bridgehead atoms. The first-order valence-electron chi connectivity index (χ1n) is 7.72. The zero-order valence-corrected chi connectivity index (χ0v) is 15.1. The molecule has 0 aliphatic carbocycles. The van der Waals surface area contributed by atoms with E-state index >= 15 is 0 Å². The highest BCUT2D eigenvalue weighted by molar-refractivity contribution is 9.08. The lowest BCUT2D eigenvalue weighted by Gasteiger charge is -2.27. The Labute approximate surface area is 141 Å². The molecule has 4 heteroatoms. The van der Waals surface area contributed by atoms with Crippen LogP contribution in [-0.4, -0.2) is 29.2 Å². The van der Waals surface area contributed by atoms with E-state index in [1.54, 1.807) is 0 Å². The third-order valence-electron chi connectivity index (χ3n) is 3.57. The van der Waals surface area contributed by atoms with Gasteiger partial charge in [0.25, 0.3) is 0 Å². The predicted octanol–water partition coefficient (Wildman–Crippen LogP) is 4.99. The Morgan fingerprint density at radius 3 is 2.64 bits per heavy atom. The molecule has 0 saturated carbocycles. The van der Waals surface area contributed by atoms with Crippen molar-refractivity contribution in [3.05, 3.63) is 41.5 Å². The Kier molecular flexibility index (Phi) is 5.68. The second kappa shape index (κ2) is 7.32. The fourth-order valence-electron chi connectivity index (χ4n) is 2.48. The van der Waals surface area contributed by atoms with Gasteiger partial charge in [-0.15, -0.1) is 0 Å². The molecule has 0 radical (unpaired) electrons. The van der Waals surface area contributed by atoms with Gasteiger partial charge < -0.3 is 9.64 Å². The maximum absolute atomic E-state index is 12.2. The average Bonchev–Trinajstić information content (AvgIpc) is 2.92. The molecule has 1 atom stereocenters. The average molecular weight is 366 g/mol. The zero-order chi connectivity index (χ0) is 16.2. The van der Waals surface area contributed by atoms with Crippen LogP contribution >= 0.6 is 15.9 Å². The quantitative estimate of drug-likeness (QED) is 0.705. The number of carbonyl (C=O) groups excluding carboxylic acids is 1. The second-order valence-corrected chi connectivity index (χ2v) is 7.18. The number of rotatable bonds is 3. The van der Waals surface area contributed by atoms with Crippen molar-refractivity contribution in [1.29, 1.82) is 0 Å². The predicted molar refractivity (Wildman–Crippen MR) is 94.1 cm³/mol. The number of amides is 1. The van der Waals surface area contributed by atoms with Crippen LogP contribution in [0.4, 0.5) is 4.79 Å². The molecule has 3 nitrogen and oxygen atoms in total. The minimum absolute atomic E-state index is 0.130. The fraction of sp³-hybridized carbons (Fsp3) is 0.500. The summed E-state index contributed by atoms with van der Waals surface area (Å²) in [5.41, 5.74) is 1.97. The molecule has 1 heterocycles. The summed E-state index contributed by atoms with van der Waals surface area (Å²) in [5, 5.41) is 0.867. The summed E-state index contributed by atoms with van der Waals surface area (Å²) >= 11 is 3.45. The molecule has 1 aromatic rings. The molecular weight excluding hydrogens is 342 g/mol. The molecule has 2 rings (SSSR count). The third kappa shape index (κ3) is 4.87. The number of carbonyl (C=O) groups is 1. The van der Waals surface area contributed by atoms with Crippen molar-refractivity contribution in [3.63, 3.8) is 0 Å². The summed E-state index contributed by atoms with van der Waals surface area (Å²) in [7, 11) is 0. The molecule has 1 aliphatic rings. The van der Waals surface area contributed by atoms with E-state index in [4.69, 9.17) is 4.74 Å². The Morgan fingerprint density at radius 1 is 1.36 bits per heavy atom. The van der Waals surface area contributed by atoms with E-state index in [0.717, 1.165) is 30.3 Å². The van der Waals surface area contributed by atoms with Gasteiger partial charge in [0.2, 0.25) is 0 Å². The molecule has 0 spiro atoms. The van der Waals surface area contributed by atoms with Gasteiger partial charge in [0, 0.05) is 11.9 Å². The third-order valence-corrected chi connectivity index (χ3v) is 4.22. The van der Waals surface area contributed by atoms with Gasteiger partial charge in [0.1, 0.15) is 5.60 Å². The number of alkyl halides is 1. The normalized spacial score (nSPS) is 18.9. The van der Waals surface area contributed by atoms with Crippen molar-refractivity contribution >= 4 is 28.1 Å². The van der Waals surface area contributed by atoms with Gasteiger partial charge in [-0.3, -0.25) is 0 Å². The number of hydrogen-bond acceptors (Lipinski definition) is 2. The second-order valence-electron chi connectivity index (χ2n) is 6.62. The van der Waals surface area contributed by atoms with Crippen LogP contribution in [0.2, 0.25) is 0 Å². The number of benzene rings is 1. The van der Waals surface area contributed by atoms with Gasteiger partial charge in [-0.05, 0) is 44.7 Å². The van der Waals surface area contributed by atoms with Gasteiger partial charge >= 0.3 is 6.09 Å². The van der Waals surface area contributed by atoms with Gasteiger partial charge in [-0.25, -0.2) is 4.79 Å². The van der Waals surface area contributed by atoms with E-state index in [1.807, 2.05) is 25.7 Å². The minimum atomic E-state index is -0.445. The van der Waals surface area contributed by atoms with Crippen LogP contribution in [0, 0.1) is 0 Å². The van der Waals surface area contributed by atoms with Crippen molar-refractivity contribution in [3.8, 4) is 0 Å². The van der Waals surface area contributed by atoms with Crippen molar-refractivity contribution in [2.24, 2.45) is 0 Å². The van der Waals surface area contributed by atoms with E-state index in [-0.39, 0.29) is 12.1 Å². The summed E-state index contributed by atoms with van der Waals surface area (Å²) < 4.78 is 5.48. The van der Waals surface area contributed by atoms with Crippen LogP contribution in [0.15, 0.2) is 30.3 Å². The lowest BCUT2D eigenvalue weighted by atomic mass is 10.1. The number of hydrogen-bond donors (Lipinski definition) is 0. The molecule has 0 N–H and O–H groups in total. The molecule has 1 aromatic carbocycles. The first kappa shape index (κ1) is 17.1. The summed E-state index contributed by atoms with van der Waals surface area (Å²) in [4.78, 5) is 14.1. The topological polar surface area (TPSA) is 29.5 Å². The van der Waals surface area contributed by atoms with E-state index in [9.17, 15) is 4.79 Å². The highest BCUT2D eigenvalue weighted by atomic mass is 79.9. The van der Waals surface area contributed by atoms with Crippen LogP contribution in [0.25, 0.3) is 6.08 Å². The number of halogens is 1. The van der Waals surface area contributed by atoms with Crippen molar-refractivity contribution < 1.29 is 9.53 Å².